The number of amides is 1. The summed E-state index contributed by atoms with van der Waals surface area (Å²) in [6.45, 7) is 9.40. The highest BCUT2D eigenvalue weighted by Gasteiger charge is 2.18. The molecule has 5 heteroatoms. The number of hydrogen-bond acceptors (Lipinski definition) is 4. The quantitative estimate of drug-likeness (QED) is 0.659. The number of rotatable bonds is 3. The standard InChI is InChI=1S/C15H20N2O2S/c1-6-11-8-12(20-9-16)7-10(2)13(11)17-14(18)19-15(3,4)5/h7-8H,6H2,1-5H3,(H,17,18). The van der Waals surface area contributed by atoms with Crippen LogP contribution in [-0.2, 0) is 11.2 Å². The van der Waals surface area contributed by atoms with Crippen LogP contribution >= 0.6 is 11.8 Å². The van der Waals surface area contributed by atoms with Crippen LogP contribution in [0.3, 0.4) is 0 Å². The van der Waals surface area contributed by atoms with Crippen molar-refractivity contribution in [2.75, 3.05) is 5.32 Å². The topological polar surface area (TPSA) is 62.1 Å². The van der Waals surface area contributed by atoms with Crippen LogP contribution in [-0.4, -0.2) is 11.7 Å². The average molecular weight is 292 g/mol. The molecule has 1 aromatic rings. The zero-order valence-corrected chi connectivity index (χ0v) is 13.4. The molecule has 0 saturated carbocycles. The van der Waals surface area contributed by atoms with E-state index < -0.39 is 11.7 Å². The van der Waals surface area contributed by atoms with E-state index in [9.17, 15) is 4.79 Å². The number of anilines is 1. The molecule has 4 nitrogen and oxygen atoms in total. The smallest absolute Gasteiger partial charge is 0.412 e. The molecule has 0 fully saturated rings. The van der Waals surface area contributed by atoms with Crippen LogP contribution in [0.2, 0.25) is 0 Å². The van der Waals surface area contributed by atoms with Gasteiger partial charge in [-0.2, -0.15) is 5.26 Å². The Balaban J connectivity index is 3.00. The first-order valence-electron chi connectivity index (χ1n) is 6.46. The minimum Gasteiger partial charge on any atom is -0.444 e. The zero-order chi connectivity index (χ0) is 15.3. The van der Waals surface area contributed by atoms with Gasteiger partial charge in [0.25, 0.3) is 0 Å². The van der Waals surface area contributed by atoms with Crippen molar-refractivity contribution in [3.05, 3.63) is 23.3 Å². The number of benzene rings is 1. The lowest BCUT2D eigenvalue weighted by Crippen LogP contribution is -2.27. The first-order chi connectivity index (χ1) is 9.26. The third kappa shape index (κ3) is 4.78. The molecule has 0 aromatic heterocycles. The highest BCUT2D eigenvalue weighted by Crippen LogP contribution is 2.29. The van der Waals surface area contributed by atoms with E-state index in [1.54, 1.807) is 0 Å². The number of nitrogens with zero attached hydrogens (tertiary/aromatic N) is 1. The minimum absolute atomic E-state index is 0.462. The molecule has 0 spiro atoms. The lowest BCUT2D eigenvalue weighted by Gasteiger charge is -2.21. The van der Waals surface area contributed by atoms with Crippen molar-refractivity contribution >= 4 is 23.5 Å². The van der Waals surface area contributed by atoms with Gasteiger partial charge in [0.05, 0.1) is 5.69 Å². The fourth-order valence-electron chi connectivity index (χ4n) is 1.80. The summed E-state index contributed by atoms with van der Waals surface area (Å²) in [5.41, 5.74) is 2.16. The Morgan fingerprint density at radius 2 is 2.10 bits per heavy atom. The van der Waals surface area contributed by atoms with Gasteiger partial charge in [0.1, 0.15) is 11.0 Å². The highest BCUT2D eigenvalue weighted by atomic mass is 32.2. The third-order valence-corrected chi connectivity index (χ3v) is 3.12. The van der Waals surface area contributed by atoms with E-state index in [4.69, 9.17) is 10.00 Å². The number of thioether (sulfide) groups is 1. The predicted molar refractivity (Wildman–Crippen MR) is 81.9 cm³/mol. The Hall–Kier alpha value is -1.67. The summed E-state index contributed by atoms with van der Waals surface area (Å²) in [4.78, 5) is 12.8. The summed E-state index contributed by atoms with van der Waals surface area (Å²) in [6.07, 6.45) is 0.308. The van der Waals surface area contributed by atoms with E-state index in [0.717, 1.165) is 39.9 Å². The van der Waals surface area contributed by atoms with E-state index in [1.807, 2.05) is 46.8 Å². The number of ether oxygens (including phenoxy) is 1. The average Bonchev–Trinajstić information content (AvgIpc) is 2.30. The predicted octanol–water partition coefficient (Wildman–Crippen LogP) is 4.48. The molecule has 0 aliphatic rings. The van der Waals surface area contributed by atoms with Crippen molar-refractivity contribution in [1.29, 1.82) is 5.26 Å². The second-order valence-electron chi connectivity index (χ2n) is 5.45. The van der Waals surface area contributed by atoms with Gasteiger partial charge in [-0.3, -0.25) is 5.32 Å². The van der Waals surface area contributed by atoms with Crippen molar-refractivity contribution in [1.82, 2.24) is 0 Å². The maximum absolute atomic E-state index is 11.9. The summed E-state index contributed by atoms with van der Waals surface area (Å²) in [6, 6.07) is 3.81. The van der Waals surface area contributed by atoms with Crippen LogP contribution in [0.15, 0.2) is 17.0 Å². The molecule has 0 atom stereocenters. The molecule has 0 radical (unpaired) electrons. The monoisotopic (exact) mass is 292 g/mol. The van der Waals surface area contributed by atoms with E-state index in [-0.39, 0.29) is 0 Å². The number of nitriles is 1. The SMILES string of the molecule is CCc1cc(SC#N)cc(C)c1NC(=O)OC(C)(C)C. The Bertz CT molecular complexity index is 542. The molecule has 1 amide bonds. The van der Waals surface area contributed by atoms with E-state index in [1.165, 1.54) is 0 Å². The molecular weight excluding hydrogens is 272 g/mol. The van der Waals surface area contributed by atoms with Crippen molar-refractivity contribution < 1.29 is 9.53 Å². The Morgan fingerprint density at radius 1 is 1.45 bits per heavy atom. The molecule has 0 aliphatic heterocycles. The second-order valence-corrected chi connectivity index (χ2v) is 6.31. The molecule has 1 N–H and O–H groups in total. The Labute approximate surface area is 124 Å². The van der Waals surface area contributed by atoms with Gasteiger partial charge >= 0.3 is 6.09 Å². The van der Waals surface area contributed by atoms with Crippen LogP contribution in [0, 0.1) is 17.6 Å². The van der Waals surface area contributed by atoms with Crippen molar-refractivity contribution in [3.63, 3.8) is 0 Å². The van der Waals surface area contributed by atoms with Crippen LogP contribution in [0.1, 0.15) is 38.8 Å². The zero-order valence-electron chi connectivity index (χ0n) is 12.5. The third-order valence-electron chi connectivity index (χ3n) is 2.56. The Kier molecular flexibility index (Phi) is 5.46. The lowest BCUT2D eigenvalue weighted by molar-refractivity contribution is 0.0635. The molecule has 0 unspecified atom stereocenters. The fraction of sp³-hybridized carbons (Fsp3) is 0.467. The number of carbonyl (C=O) groups excluding carboxylic acids is 1. The number of aryl methyl sites for hydroxylation is 2. The molecule has 0 heterocycles. The van der Waals surface area contributed by atoms with Gasteiger partial charge in [0, 0.05) is 4.90 Å². The van der Waals surface area contributed by atoms with Gasteiger partial charge in [-0.05, 0) is 69.1 Å². The first-order valence-corrected chi connectivity index (χ1v) is 7.28. The van der Waals surface area contributed by atoms with Crippen LogP contribution < -0.4 is 5.32 Å². The first kappa shape index (κ1) is 16.4. The van der Waals surface area contributed by atoms with Gasteiger partial charge in [-0.25, -0.2) is 4.79 Å². The molecular formula is C15H20N2O2S. The van der Waals surface area contributed by atoms with E-state index in [2.05, 4.69) is 10.7 Å². The van der Waals surface area contributed by atoms with E-state index >= 15 is 0 Å². The van der Waals surface area contributed by atoms with Gasteiger partial charge < -0.3 is 4.74 Å². The maximum atomic E-state index is 11.9. The van der Waals surface area contributed by atoms with Crippen molar-refractivity contribution in [2.24, 2.45) is 0 Å². The minimum atomic E-state index is -0.527. The molecule has 108 valence electrons. The van der Waals surface area contributed by atoms with Crippen LogP contribution in [0.5, 0.6) is 0 Å². The van der Waals surface area contributed by atoms with Crippen molar-refractivity contribution in [2.45, 2.75) is 51.5 Å². The van der Waals surface area contributed by atoms with Crippen LogP contribution in [0.4, 0.5) is 10.5 Å². The lowest BCUT2D eigenvalue weighted by atomic mass is 10.1. The molecule has 0 aliphatic carbocycles. The van der Waals surface area contributed by atoms with Gasteiger partial charge in [-0.1, -0.05) is 6.92 Å². The van der Waals surface area contributed by atoms with Gasteiger partial charge in [0.2, 0.25) is 0 Å². The summed E-state index contributed by atoms with van der Waals surface area (Å²) >= 11 is 1.12. The number of hydrogen-bond donors (Lipinski definition) is 1. The van der Waals surface area contributed by atoms with Gasteiger partial charge in [-0.15, -0.1) is 0 Å². The Morgan fingerprint density at radius 3 is 2.60 bits per heavy atom. The number of nitrogens with one attached hydrogen (secondary N) is 1. The van der Waals surface area contributed by atoms with E-state index in [0.29, 0.717) is 0 Å². The molecule has 20 heavy (non-hydrogen) atoms. The summed E-state index contributed by atoms with van der Waals surface area (Å²) in [5, 5.41) is 13.6. The number of thiocyanates is 1. The molecule has 0 saturated heterocycles. The highest BCUT2D eigenvalue weighted by molar-refractivity contribution is 8.03. The largest absolute Gasteiger partial charge is 0.444 e. The molecule has 0 bridgehead atoms. The van der Waals surface area contributed by atoms with Crippen LogP contribution in [0.25, 0.3) is 0 Å². The molecule has 1 rings (SSSR count). The van der Waals surface area contributed by atoms with Crippen molar-refractivity contribution in [3.8, 4) is 5.40 Å². The maximum Gasteiger partial charge on any atom is 0.412 e. The summed E-state index contributed by atoms with van der Waals surface area (Å²) in [7, 11) is 0. The fourth-order valence-corrected chi connectivity index (χ4v) is 2.34. The summed E-state index contributed by atoms with van der Waals surface area (Å²) in [5.74, 6) is 0. The number of carbonyl (C=O) groups is 1. The molecule has 1 aromatic carbocycles. The second kappa shape index (κ2) is 6.67. The normalized spacial score (nSPS) is 10.8. The van der Waals surface area contributed by atoms with Gasteiger partial charge in [0.15, 0.2) is 0 Å². The summed E-state index contributed by atoms with van der Waals surface area (Å²) < 4.78 is 5.27.